The van der Waals surface area contributed by atoms with Gasteiger partial charge in [0.1, 0.15) is 6.10 Å². The fourth-order valence-electron chi connectivity index (χ4n) is 6.67. The van der Waals surface area contributed by atoms with Gasteiger partial charge < -0.3 is 19.5 Å². The summed E-state index contributed by atoms with van der Waals surface area (Å²) in [6, 6.07) is 4.26. The Morgan fingerprint density at radius 3 is 2.93 bits per heavy atom. The predicted molar refractivity (Wildman–Crippen MR) is 103 cm³/mol. The second kappa shape index (κ2) is 5.63. The normalized spacial score (nSPS) is 38.4. The van der Waals surface area contributed by atoms with E-state index in [0.717, 1.165) is 55.3 Å². The number of carbonyl (C=O) groups is 1. The van der Waals surface area contributed by atoms with Crippen LogP contribution in [0.15, 0.2) is 12.1 Å². The Morgan fingerprint density at radius 1 is 1.32 bits per heavy atom. The molecule has 3 fully saturated rings. The van der Waals surface area contributed by atoms with Crippen molar-refractivity contribution in [3.05, 3.63) is 23.3 Å². The van der Waals surface area contributed by atoms with Crippen LogP contribution >= 0.6 is 0 Å². The van der Waals surface area contributed by atoms with Gasteiger partial charge in [-0.05, 0) is 56.2 Å². The molecule has 2 bridgehead atoms. The van der Waals surface area contributed by atoms with Gasteiger partial charge in [0.15, 0.2) is 11.5 Å². The fourth-order valence-corrected chi connectivity index (χ4v) is 6.67. The highest BCUT2D eigenvalue weighted by Crippen LogP contribution is 2.63. The quantitative estimate of drug-likeness (QED) is 0.794. The molecule has 6 heteroatoms. The zero-order valence-corrected chi connectivity index (χ0v) is 16.4. The van der Waals surface area contributed by atoms with E-state index in [-0.39, 0.29) is 12.1 Å². The predicted octanol–water partition coefficient (Wildman–Crippen LogP) is 1.33. The summed E-state index contributed by atoms with van der Waals surface area (Å²) in [4.78, 5) is 16.0. The molecule has 2 aliphatic carbocycles. The standard InChI is InChI=1S/C22H28N2O4/c1-27-16-5-4-15-10-17-22(26)7-8-23(13-25)12-18-21(22,19(15)20(16)28-18)6-9-24(17)11-14-2-3-14/h4-5,13-14,17-18,26H,2-3,6-12H2,1H3/t17?,18-,21?,22?/m1/s1. The van der Waals surface area contributed by atoms with Crippen molar-refractivity contribution >= 4 is 6.41 Å². The maximum Gasteiger partial charge on any atom is 0.209 e. The number of benzene rings is 1. The maximum atomic E-state index is 12.4. The Kier molecular flexibility index (Phi) is 3.44. The number of likely N-dealkylation sites (tertiary alicyclic amines) is 2. The zero-order chi connectivity index (χ0) is 19.1. The molecule has 1 aromatic rings. The van der Waals surface area contributed by atoms with Crippen LogP contribution in [0.25, 0.3) is 0 Å². The molecule has 0 radical (unpaired) electrons. The van der Waals surface area contributed by atoms with Gasteiger partial charge in [0.2, 0.25) is 6.41 Å². The molecule has 4 atom stereocenters. The van der Waals surface area contributed by atoms with Crippen LogP contribution < -0.4 is 9.47 Å². The Balaban J connectivity index is 1.55. The topological polar surface area (TPSA) is 62.2 Å². The number of methoxy groups -OCH3 is 1. The van der Waals surface area contributed by atoms with Crippen molar-refractivity contribution in [1.29, 1.82) is 0 Å². The van der Waals surface area contributed by atoms with Crippen molar-refractivity contribution in [2.75, 3.05) is 33.3 Å². The lowest BCUT2D eigenvalue weighted by atomic mass is 9.52. The van der Waals surface area contributed by atoms with Gasteiger partial charge in [0, 0.05) is 24.7 Å². The second-order valence-electron chi connectivity index (χ2n) is 9.39. The number of piperidine rings is 1. The van der Waals surface area contributed by atoms with Gasteiger partial charge in [-0.25, -0.2) is 0 Å². The van der Waals surface area contributed by atoms with Crippen molar-refractivity contribution in [2.24, 2.45) is 5.92 Å². The smallest absolute Gasteiger partial charge is 0.209 e. The third-order valence-corrected chi connectivity index (χ3v) is 8.17. The fraction of sp³-hybridized carbons (Fsp3) is 0.682. The summed E-state index contributed by atoms with van der Waals surface area (Å²) in [5.41, 5.74) is 1.11. The van der Waals surface area contributed by atoms with E-state index in [1.807, 2.05) is 6.07 Å². The molecule has 28 heavy (non-hydrogen) atoms. The first kappa shape index (κ1) is 17.1. The van der Waals surface area contributed by atoms with E-state index in [1.165, 1.54) is 18.4 Å². The van der Waals surface area contributed by atoms with E-state index in [1.54, 1.807) is 12.0 Å². The molecule has 6 nitrogen and oxygen atoms in total. The third-order valence-electron chi connectivity index (χ3n) is 8.17. The molecule has 1 saturated carbocycles. The molecule has 0 aromatic heterocycles. The second-order valence-corrected chi connectivity index (χ2v) is 9.39. The molecule has 150 valence electrons. The summed E-state index contributed by atoms with van der Waals surface area (Å²) in [6.07, 6.45) is 5.64. The zero-order valence-electron chi connectivity index (χ0n) is 16.4. The number of nitrogens with zero attached hydrogens (tertiary/aromatic N) is 2. The molecule has 1 aromatic carbocycles. The molecule has 6 rings (SSSR count). The summed E-state index contributed by atoms with van der Waals surface area (Å²) in [7, 11) is 1.67. The van der Waals surface area contributed by atoms with Gasteiger partial charge >= 0.3 is 0 Å². The molecule has 1 N–H and O–H groups in total. The summed E-state index contributed by atoms with van der Waals surface area (Å²) in [5, 5.41) is 12.4. The summed E-state index contributed by atoms with van der Waals surface area (Å²) in [6.45, 7) is 3.19. The van der Waals surface area contributed by atoms with Crippen LogP contribution in [0.1, 0.15) is 36.8 Å². The summed E-state index contributed by atoms with van der Waals surface area (Å²) in [5.74, 6) is 2.32. The molecule has 3 aliphatic heterocycles. The van der Waals surface area contributed by atoms with E-state index >= 15 is 0 Å². The highest BCUT2D eigenvalue weighted by atomic mass is 16.5. The third kappa shape index (κ3) is 1.98. The van der Waals surface area contributed by atoms with Gasteiger partial charge in [-0.15, -0.1) is 0 Å². The first-order valence-corrected chi connectivity index (χ1v) is 10.6. The largest absolute Gasteiger partial charge is 0.493 e. The molecule has 1 spiro atoms. The lowest BCUT2D eigenvalue weighted by Crippen LogP contribution is -2.74. The number of amides is 1. The molecule has 1 amide bonds. The average Bonchev–Trinajstić information content (AvgIpc) is 3.46. The van der Waals surface area contributed by atoms with Crippen LogP contribution in [0.3, 0.4) is 0 Å². The van der Waals surface area contributed by atoms with E-state index in [9.17, 15) is 9.90 Å². The minimum Gasteiger partial charge on any atom is -0.493 e. The monoisotopic (exact) mass is 384 g/mol. The van der Waals surface area contributed by atoms with E-state index in [2.05, 4.69) is 11.0 Å². The average molecular weight is 384 g/mol. The van der Waals surface area contributed by atoms with Gasteiger partial charge in [-0.2, -0.15) is 0 Å². The van der Waals surface area contributed by atoms with Crippen LogP contribution in [0.2, 0.25) is 0 Å². The van der Waals surface area contributed by atoms with Crippen LogP contribution in [0, 0.1) is 5.92 Å². The molecule has 2 saturated heterocycles. The van der Waals surface area contributed by atoms with Gasteiger partial charge in [-0.1, -0.05) is 6.07 Å². The Morgan fingerprint density at radius 2 is 2.18 bits per heavy atom. The highest BCUT2D eigenvalue weighted by Gasteiger charge is 2.70. The van der Waals surface area contributed by atoms with E-state index in [0.29, 0.717) is 19.5 Å². The minimum atomic E-state index is -0.882. The van der Waals surface area contributed by atoms with Crippen LogP contribution in [-0.2, 0) is 16.6 Å². The van der Waals surface area contributed by atoms with Crippen LogP contribution in [0.5, 0.6) is 11.5 Å². The lowest BCUT2D eigenvalue weighted by molar-refractivity contribution is -0.162. The van der Waals surface area contributed by atoms with Crippen molar-refractivity contribution in [3.8, 4) is 11.5 Å². The van der Waals surface area contributed by atoms with Gasteiger partial charge in [0.05, 0.1) is 24.7 Å². The molecule has 3 heterocycles. The first-order valence-electron chi connectivity index (χ1n) is 10.6. The van der Waals surface area contributed by atoms with Crippen molar-refractivity contribution in [1.82, 2.24) is 9.80 Å². The van der Waals surface area contributed by atoms with Crippen molar-refractivity contribution < 1.29 is 19.4 Å². The molecular weight excluding hydrogens is 356 g/mol. The Hall–Kier alpha value is -1.79. The molecular formula is C22H28N2O4. The molecule has 3 unspecified atom stereocenters. The minimum absolute atomic E-state index is 0.0893. The molecule has 5 aliphatic rings. The van der Waals surface area contributed by atoms with Crippen LogP contribution in [-0.4, -0.2) is 72.4 Å². The Bertz CT molecular complexity index is 840. The first-order chi connectivity index (χ1) is 13.6. The highest BCUT2D eigenvalue weighted by molar-refractivity contribution is 5.63. The van der Waals surface area contributed by atoms with Crippen molar-refractivity contribution in [2.45, 2.75) is 55.3 Å². The number of aliphatic hydroxyl groups is 1. The lowest BCUT2D eigenvalue weighted by Gasteiger charge is -2.60. The van der Waals surface area contributed by atoms with Gasteiger partial charge in [-0.3, -0.25) is 9.69 Å². The van der Waals surface area contributed by atoms with E-state index in [4.69, 9.17) is 9.47 Å². The maximum absolute atomic E-state index is 12.4. The van der Waals surface area contributed by atoms with E-state index < -0.39 is 11.0 Å². The summed E-state index contributed by atoms with van der Waals surface area (Å²) < 4.78 is 12.1. The SMILES string of the molecule is COc1ccc2c3c1O[C@@H]1CN(C=O)CCC4(O)C(C2)N(CC2CC2)CCC314. The number of hydrogen-bond acceptors (Lipinski definition) is 5. The number of rotatable bonds is 4. The van der Waals surface area contributed by atoms with Gasteiger partial charge in [0.25, 0.3) is 0 Å². The number of hydrogen-bond donors (Lipinski definition) is 1. The summed E-state index contributed by atoms with van der Waals surface area (Å²) >= 11 is 0. The van der Waals surface area contributed by atoms with Crippen molar-refractivity contribution in [3.63, 3.8) is 0 Å². The Labute approximate surface area is 165 Å². The van der Waals surface area contributed by atoms with Crippen LogP contribution in [0.4, 0.5) is 0 Å². The number of carbonyl (C=O) groups excluding carboxylic acids is 1. The number of ether oxygens (including phenoxy) is 2.